The molecule has 0 fully saturated rings. The molecule has 4 heteroatoms. The molecule has 0 aliphatic carbocycles. The number of hydrogen-bond acceptors (Lipinski definition) is 3. The van der Waals surface area contributed by atoms with Gasteiger partial charge < -0.3 is 14.4 Å². The van der Waals surface area contributed by atoms with Gasteiger partial charge in [-0.2, -0.15) is 0 Å². The van der Waals surface area contributed by atoms with Crippen LogP contribution < -0.4 is 4.74 Å². The van der Waals surface area contributed by atoms with E-state index in [0.29, 0.717) is 19.0 Å². The molecule has 22 heavy (non-hydrogen) atoms. The summed E-state index contributed by atoms with van der Waals surface area (Å²) in [6, 6.07) is 15.9. The largest absolute Gasteiger partial charge is 0.492 e. The Morgan fingerprint density at radius 1 is 1.14 bits per heavy atom. The summed E-state index contributed by atoms with van der Waals surface area (Å²) in [6.45, 7) is 4.96. The van der Waals surface area contributed by atoms with Gasteiger partial charge >= 0.3 is 0 Å². The van der Waals surface area contributed by atoms with Crippen LogP contribution in [0, 0.1) is 6.92 Å². The second kappa shape index (κ2) is 6.20. The van der Waals surface area contributed by atoms with Crippen LogP contribution in [0.15, 0.2) is 48.5 Å². The van der Waals surface area contributed by atoms with Gasteiger partial charge in [-0.05, 0) is 38.1 Å². The Labute approximate surface area is 130 Å². The second-order valence-corrected chi connectivity index (χ2v) is 5.45. The fourth-order valence-corrected chi connectivity index (χ4v) is 2.54. The maximum atomic E-state index is 9.93. The maximum Gasteiger partial charge on any atom is 0.138 e. The predicted molar refractivity (Wildman–Crippen MR) is 87.0 cm³/mol. The first kappa shape index (κ1) is 14.6. The smallest absolute Gasteiger partial charge is 0.138 e. The Bertz CT molecular complexity index is 760. The van der Waals surface area contributed by atoms with Crippen molar-refractivity contribution >= 4 is 11.0 Å². The molecule has 0 spiro atoms. The lowest BCUT2D eigenvalue weighted by Gasteiger charge is -2.12. The van der Waals surface area contributed by atoms with Crippen LogP contribution in [-0.4, -0.2) is 21.3 Å². The normalized spacial score (nSPS) is 12.5. The van der Waals surface area contributed by atoms with Crippen LogP contribution in [0.5, 0.6) is 5.75 Å². The van der Waals surface area contributed by atoms with Crippen molar-refractivity contribution in [2.45, 2.75) is 26.5 Å². The number of aliphatic hydroxyl groups is 1. The molecule has 0 unspecified atom stereocenters. The molecule has 1 heterocycles. The fraction of sp³-hybridized carbons (Fsp3) is 0.278. The van der Waals surface area contributed by atoms with E-state index in [1.807, 2.05) is 53.1 Å². The molecule has 4 nitrogen and oxygen atoms in total. The molecule has 2 aromatic carbocycles. The lowest BCUT2D eigenvalue weighted by molar-refractivity contribution is 0.181. The number of aliphatic hydroxyl groups excluding tert-OH is 1. The highest BCUT2D eigenvalue weighted by Gasteiger charge is 2.14. The van der Waals surface area contributed by atoms with Gasteiger partial charge in [-0.15, -0.1) is 0 Å². The van der Waals surface area contributed by atoms with Gasteiger partial charge in [-0.25, -0.2) is 4.98 Å². The van der Waals surface area contributed by atoms with E-state index in [1.165, 1.54) is 5.56 Å². The minimum Gasteiger partial charge on any atom is -0.492 e. The summed E-state index contributed by atoms with van der Waals surface area (Å²) in [7, 11) is 0. The highest BCUT2D eigenvalue weighted by Crippen LogP contribution is 2.20. The van der Waals surface area contributed by atoms with Crippen molar-refractivity contribution < 1.29 is 9.84 Å². The van der Waals surface area contributed by atoms with Gasteiger partial charge in [0.15, 0.2) is 0 Å². The molecule has 0 saturated heterocycles. The quantitative estimate of drug-likeness (QED) is 0.784. The zero-order valence-electron chi connectivity index (χ0n) is 12.9. The summed E-state index contributed by atoms with van der Waals surface area (Å²) in [6.07, 6.45) is -0.605. The van der Waals surface area contributed by atoms with Gasteiger partial charge in [-0.3, -0.25) is 0 Å². The number of aromatic nitrogens is 2. The van der Waals surface area contributed by atoms with Crippen molar-refractivity contribution in [3.63, 3.8) is 0 Å². The molecule has 1 atom stereocenters. The molecule has 0 aliphatic rings. The van der Waals surface area contributed by atoms with Gasteiger partial charge in [0.1, 0.15) is 24.3 Å². The number of ether oxygens (including phenoxy) is 1. The van der Waals surface area contributed by atoms with Crippen molar-refractivity contribution in [3.8, 4) is 5.75 Å². The number of aryl methyl sites for hydroxylation is 1. The molecule has 3 aromatic rings. The number of benzene rings is 2. The molecule has 1 N–H and O–H groups in total. The molecular formula is C18H20N2O2. The zero-order chi connectivity index (χ0) is 15.5. The van der Waals surface area contributed by atoms with Crippen LogP contribution in [-0.2, 0) is 6.54 Å². The van der Waals surface area contributed by atoms with Gasteiger partial charge in [0.25, 0.3) is 0 Å². The average molecular weight is 296 g/mol. The first-order chi connectivity index (χ1) is 10.6. The van der Waals surface area contributed by atoms with Crippen LogP contribution in [0.1, 0.15) is 24.4 Å². The molecule has 0 saturated carbocycles. The van der Waals surface area contributed by atoms with Gasteiger partial charge in [0.2, 0.25) is 0 Å². The van der Waals surface area contributed by atoms with Gasteiger partial charge in [0.05, 0.1) is 17.6 Å². The van der Waals surface area contributed by atoms with Crippen molar-refractivity contribution in [2.75, 3.05) is 6.61 Å². The Morgan fingerprint density at radius 2 is 1.86 bits per heavy atom. The van der Waals surface area contributed by atoms with Crippen LogP contribution in [0.25, 0.3) is 11.0 Å². The average Bonchev–Trinajstić information content (AvgIpc) is 2.89. The minimum atomic E-state index is -0.605. The van der Waals surface area contributed by atoms with Crippen LogP contribution in [0.4, 0.5) is 0 Å². The molecule has 114 valence electrons. The van der Waals surface area contributed by atoms with Crippen molar-refractivity contribution in [3.05, 3.63) is 59.9 Å². The minimum absolute atomic E-state index is 0.531. The van der Waals surface area contributed by atoms with E-state index in [-0.39, 0.29) is 0 Å². The zero-order valence-corrected chi connectivity index (χ0v) is 12.9. The van der Waals surface area contributed by atoms with Crippen LogP contribution >= 0.6 is 0 Å². The third-order valence-corrected chi connectivity index (χ3v) is 3.66. The van der Waals surface area contributed by atoms with E-state index in [2.05, 4.69) is 11.9 Å². The Kier molecular flexibility index (Phi) is 4.11. The summed E-state index contributed by atoms with van der Waals surface area (Å²) in [5, 5.41) is 9.93. The number of rotatable bonds is 5. The molecule has 3 rings (SSSR count). The first-order valence-corrected chi connectivity index (χ1v) is 7.48. The fourth-order valence-electron chi connectivity index (χ4n) is 2.54. The Hall–Kier alpha value is -2.33. The molecule has 0 bridgehead atoms. The van der Waals surface area contributed by atoms with E-state index in [9.17, 15) is 5.11 Å². The number of hydrogen-bond donors (Lipinski definition) is 1. The first-order valence-electron chi connectivity index (χ1n) is 7.48. The topological polar surface area (TPSA) is 47.3 Å². The molecule has 0 aliphatic heterocycles. The van der Waals surface area contributed by atoms with E-state index in [0.717, 1.165) is 16.8 Å². The third kappa shape index (κ3) is 2.97. The third-order valence-electron chi connectivity index (χ3n) is 3.66. The van der Waals surface area contributed by atoms with Crippen LogP contribution in [0.2, 0.25) is 0 Å². The SMILES string of the molecule is Cc1ccc(OCCn2c([C@H](C)O)nc3ccccc32)cc1. The van der Waals surface area contributed by atoms with E-state index >= 15 is 0 Å². The van der Waals surface area contributed by atoms with Gasteiger partial charge in [0, 0.05) is 0 Å². The summed E-state index contributed by atoms with van der Waals surface area (Å²) in [4.78, 5) is 4.51. The number of nitrogens with zero attached hydrogens (tertiary/aromatic N) is 2. The highest BCUT2D eigenvalue weighted by molar-refractivity contribution is 5.76. The predicted octanol–water partition coefficient (Wildman–Crippen LogP) is 3.48. The molecule has 0 amide bonds. The summed E-state index contributed by atoms with van der Waals surface area (Å²) in [5.41, 5.74) is 3.13. The lowest BCUT2D eigenvalue weighted by atomic mass is 10.2. The maximum absolute atomic E-state index is 9.93. The summed E-state index contributed by atoms with van der Waals surface area (Å²) >= 11 is 0. The van der Waals surface area contributed by atoms with E-state index < -0.39 is 6.10 Å². The van der Waals surface area contributed by atoms with E-state index in [1.54, 1.807) is 6.92 Å². The van der Waals surface area contributed by atoms with Gasteiger partial charge in [-0.1, -0.05) is 29.8 Å². The van der Waals surface area contributed by atoms with Crippen molar-refractivity contribution in [1.82, 2.24) is 9.55 Å². The van der Waals surface area contributed by atoms with Crippen molar-refractivity contribution in [2.24, 2.45) is 0 Å². The number of para-hydroxylation sites is 2. The standard InChI is InChI=1S/C18H20N2O2/c1-13-7-9-15(10-8-13)22-12-11-20-17-6-4-3-5-16(17)19-18(20)14(2)21/h3-10,14,21H,11-12H2,1-2H3/t14-/m0/s1. The Morgan fingerprint density at radius 3 is 2.59 bits per heavy atom. The highest BCUT2D eigenvalue weighted by atomic mass is 16.5. The summed E-state index contributed by atoms with van der Waals surface area (Å²) < 4.78 is 7.81. The number of fused-ring (bicyclic) bond motifs is 1. The molecule has 0 radical (unpaired) electrons. The molecular weight excluding hydrogens is 276 g/mol. The van der Waals surface area contributed by atoms with E-state index in [4.69, 9.17) is 4.74 Å². The van der Waals surface area contributed by atoms with Crippen LogP contribution in [0.3, 0.4) is 0 Å². The Balaban J connectivity index is 1.78. The monoisotopic (exact) mass is 296 g/mol. The summed E-state index contributed by atoms with van der Waals surface area (Å²) in [5.74, 6) is 1.53. The molecule has 1 aromatic heterocycles. The van der Waals surface area contributed by atoms with Crippen molar-refractivity contribution in [1.29, 1.82) is 0 Å². The number of imidazole rings is 1. The second-order valence-electron chi connectivity index (χ2n) is 5.45. The lowest BCUT2D eigenvalue weighted by Crippen LogP contribution is -2.12.